The first-order chi connectivity index (χ1) is 13.2. The van der Waals surface area contributed by atoms with E-state index in [1.807, 2.05) is 18.2 Å². The number of furan rings is 1. The van der Waals surface area contributed by atoms with Gasteiger partial charge in [-0.3, -0.25) is 4.79 Å². The van der Waals surface area contributed by atoms with Crippen LogP contribution in [0, 0.1) is 5.92 Å². The van der Waals surface area contributed by atoms with Crippen LogP contribution in [0.15, 0.2) is 53.1 Å². The predicted octanol–water partition coefficient (Wildman–Crippen LogP) is 3.33. The zero-order valence-electron chi connectivity index (χ0n) is 15.3. The molecule has 2 heterocycles. The van der Waals surface area contributed by atoms with E-state index in [1.54, 1.807) is 17.0 Å². The van der Waals surface area contributed by atoms with Gasteiger partial charge in [0.25, 0.3) is 5.91 Å². The molecule has 1 aliphatic heterocycles. The summed E-state index contributed by atoms with van der Waals surface area (Å²) in [5.74, 6) is 0.820. The van der Waals surface area contributed by atoms with Gasteiger partial charge >= 0.3 is 6.03 Å². The quantitative estimate of drug-likeness (QED) is 0.851. The Bertz CT molecular complexity index is 763. The lowest BCUT2D eigenvalue weighted by molar-refractivity contribution is 0.0676. The van der Waals surface area contributed by atoms with Crippen molar-refractivity contribution in [3.63, 3.8) is 0 Å². The molecule has 3 amide bonds. The lowest BCUT2D eigenvalue weighted by atomic mass is 10.0. The fourth-order valence-corrected chi connectivity index (χ4v) is 3.71. The Hall–Kier alpha value is -2.76. The molecule has 0 radical (unpaired) electrons. The summed E-state index contributed by atoms with van der Waals surface area (Å²) in [5.41, 5.74) is 1.16. The highest BCUT2D eigenvalue weighted by atomic mass is 16.3. The maximum absolute atomic E-state index is 12.5. The molecule has 2 N–H and O–H groups in total. The number of nitrogens with zero attached hydrogens (tertiary/aromatic N) is 1. The van der Waals surface area contributed by atoms with Crippen LogP contribution in [0.25, 0.3) is 0 Å². The SMILES string of the molecule is O=C(NC1CCN(C(=O)c2ccco2)CC1)NC(c1ccccc1)C1CC1. The summed E-state index contributed by atoms with van der Waals surface area (Å²) in [6.07, 6.45) is 5.33. The Morgan fingerprint density at radius 1 is 1.00 bits per heavy atom. The highest BCUT2D eigenvalue weighted by Gasteiger charge is 2.34. The first kappa shape index (κ1) is 17.6. The Balaban J connectivity index is 1.27. The van der Waals surface area contributed by atoms with Crippen molar-refractivity contribution >= 4 is 11.9 Å². The number of nitrogens with one attached hydrogen (secondary N) is 2. The normalized spacial score (nSPS) is 18.7. The molecule has 4 rings (SSSR count). The Kier molecular flexibility index (Phi) is 5.14. The number of carbonyl (C=O) groups excluding carboxylic acids is 2. The van der Waals surface area contributed by atoms with Crippen LogP contribution in [0.1, 0.15) is 47.8 Å². The Morgan fingerprint density at radius 2 is 1.74 bits per heavy atom. The smallest absolute Gasteiger partial charge is 0.315 e. The lowest BCUT2D eigenvalue weighted by Gasteiger charge is -2.32. The molecule has 6 heteroatoms. The van der Waals surface area contributed by atoms with Gasteiger partial charge in [-0.25, -0.2) is 4.79 Å². The summed E-state index contributed by atoms with van der Waals surface area (Å²) in [5, 5.41) is 6.24. The summed E-state index contributed by atoms with van der Waals surface area (Å²) < 4.78 is 5.18. The van der Waals surface area contributed by atoms with Crippen molar-refractivity contribution in [3.05, 3.63) is 60.1 Å². The molecular formula is C21H25N3O3. The van der Waals surface area contributed by atoms with Crippen LogP contribution >= 0.6 is 0 Å². The molecule has 2 fully saturated rings. The van der Waals surface area contributed by atoms with Gasteiger partial charge < -0.3 is 20.0 Å². The average Bonchev–Trinajstić information content (AvgIpc) is 3.39. The number of piperidine rings is 1. The minimum Gasteiger partial charge on any atom is -0.459 e. The van der Waals surface area contributed by atoms with Crippen molar-refractivity contribution in [2.45, 2.75) is 37.8 Å². The van der Waals surface area contributed by atoms with E-state index in [4.69, 9.17) is 4.42 Å². The zero-order valence-corrected chi connectivity index (χ0v) is 15.3. The van der Waals surface area contributed by atoms with Crippen LogP contribution in [-0.4, -0.2) is 36.0 Å². The first-order valence-corrected chi connectivity index (χ1v) is 9.65. The highest BCUT2D eigenvalue weighted by Crippen LogP contribution is 2.40. The monoisotopic (exact) mass is 367 g/mol. The summed E-state index contributed by atoms with van der Waals surface area (Å²) >= 11 is 0. The fraction of sp³-hybridized carbons (Fsp3) is 0.429. The number of rotatable bonds is 5. The van der Waals surface area contributed by atoms with E-state index < -0.39 is 0 Å². The molecule has 0 bridgehead atoms. The van der Waals surface area contributed by atoms with Crippen LogP contribution in [0.3, 0.4) is 0 Å². The van der Waals surface area contributed by atoms with E-state index in [2.05, 4.69) is 22.8 Å². The van der Waals surface area contributed by atoms with Crippen molar-refractivity contribution in [2.24, 2.45) is 5.92 Å². The Morgan fingerprint density at radius 3 is 2.37 bits per heavy atom. The van der Waals surface area contributed by atoms with E-state index in [9.17, 15) is 9.59 Å². The number of carbonyl (C=O) groups is 2. The molecule has 1 saturated carbocycles. The van der Waals surface area contributed by atoms with Gasteiger partial charge in [0.05, 0.1) is 12.3 Å². The van der Waals surface area contributed by atoms with Gasteiger partial charge in [-0.05, 0) is 49.3 Å². The lowest BCUT2D eigenvalue weighted by Crippen LogP contribution is -2.49. The molecule has 2 aromatic rings. The number of likely N-dealkylation sites (tertiary alicyclic amines) is 1. The molecule has 1 aromatic carbocycles. The van der Waals surface area contributed by atoms with Crippen molar-refractivity contribution in [2.75, 3.05) is 13.1 Å². The van der Waals surface area contributed by atoms with Crippen molar-refractivity contribution < 1.29 is 14.0 Å². The van der Waals surface area contributed by atoms with Gasteiger partial charge in [-0.2, -0.15) is 0 Å². The zero-order chi connectivity index (χ0) is 18.6. The van der Waals surface area contributed by atoms with Gasteiger partial charge in [-0.15, -0.1) is 0 Å². The first-order valence-electron chi connectivity index (χ1n) is 9.65. The molecule has 6 nitrogen and oxygen atoms in total. The van der Waals surface area contributed by atoms with Crippen molar-refractivity contribution in [1.82, 2.24) is 15.5 Å². The minimum absolute atomic E-state index is 0.0758. The molecule has 2 aliphatic rings. The molecule has 142 valence electrons. The summed E-state index contributed by atoms with van der Waals surface area (Å²) in [7, 11) is 0. The largest absolute Gasteiger partial charge is 0.459 e. The number of urea groups is 1. The molecular weight excluding hydrogens is 342 g/mol. The molecule has 27 heavy (non-hydrogen) atoms. The number of hydrogen-bond acceptors (Lipinski definition) is 3. The standard InChI is InChI=1S/C21H25N3O3/c25-20(18-7-4-14-27-18)24-12-10-17(11-13-24)22-21(26)23-19(16-8-9-16)15-5-2-1-3-6-15/h1-7,14,16-17,19H,8-13H2,(H2,22,23,26). The maximum Gasteiger partial charge on any atom is 0.315 e. The molecule has 1 saturated heterocycles. The van der Waals surface area contributed by atoms with E-state index in [0.717, 1.165) is 31.2 Å². The van der Waals surface area contributed by atoms with E-state index in [0.29, 0.717) is 24.8 Å². The number of benzene rings is 1. The summed E-state index contributed by atoms with van der Waals surface area (Å²) in [4.78, 5) is 26.6. The molecule has 1 aliphatic carbocycles. The van der Waals surface area contributed by atoms with Gasteiger partial charge in [0.2, 0.25) is 0 Å². The van der Waals surface area contributed by atoms with E-state index >= 15 is 0 Å². The minimum atomic E-state index is -0.119. The molecule has 1 atom stereocenters. The Labute approximate surface area is 158 Å². The molecule has 1 aromatic heterocycles. The van der Waals surface area contributed by atoms with E-state index in [1.165, 1.54) is 6.26 Å². The third kappa shape index (κ3) is 4.32. The second kappa shape index (κ2) is 7.86. The fourth-order valence-electron chi connectivity index (χ4n) is 3.71. The van der Waals surface area contributed by atoms with Crippen LogP contribution in [0.2, 0.25) is 0 Å². The van der Waals surface area contributed by atoms with Gasteiger partial charge in [0.15, 0.2) is 5.76 Å². The topological polar surface area (TPSA) is 74.6 Å². The molecule has 1 unspecified atom stereocenters. The second-order valence-corrected chi connectivity index (χ2v) is 7.39. The van der Waals surface area contributed by atoms with Crippen molar-refractivity contribution in [1.29, 1.82) is 0 Å². The third-order valence-electron chi connectivity index (χ3n) is 5.39. The molecule has 0 spiro atoms. The van der Waals surface area contributed by atoms with Crippen LogP contribution in [-0.2, 0) is 0 Å². The third-order valence-corrected chi connectivity index (χ3v) is 5.39. The highest BCUT2D eigenvalue weighted by molar-refractivity contribution is 5.91. The van der Waals surface area contributed by atoms with Crippen molar-refractivity contribution in [3.8, 4) is 0 Å². The van der Waals surface area contributed by atoms with Gasteiger partial charge in [-0.1, -0.05) is 30.3 Å². The number of amides is 3. The average molecular weight is 367 g/mol. The number of hydrogen-bond donors (Lipinski definition) is 2. The second-order valence-electron chi connectivity index (χ2n) is 7.39. The van der Waals surface area contributed by atoms with Crippen LogP contribution < -0.4 is 10.6 Å². The summed E-state index contributed by atoms with van der Waals surface area (Å²) in [6, 6.07) is 13.6. The van der Waals surface area contributed by atoms with E-state index in [-0.39, 0.29) is 24.0 Å². The van der Waals surface area contributed by atoms with Crippen LogP contribution in [0.5, 0.6) is 0 Å². The van der Waals surface area contributed by atoms with Gasteiger partial charge in [0.1, 0.15) is 0 Å². The predicted molar refractivity (Wildman–Crippen MR) is 101 cm³/mol. The maximum atomic E-state index is 12.5. The van der Waals surface area contributed by atoms with Crippen LogP contribution in [0.4, 0.5) is 4.79 Å². The summed E-state index contributed by atoms with van der Waals surface area (Å²) in [6.45, 7) is 1.24. The van der Waals surface area contributed by atoms with Gasteiger partial charge in [0, 0.05) is 19.1 Å².